The zero-order valence-corrected chi connectivity index (χ0v) is 17.2. The van der Waals surface area contributed by atoms with Crippen LogP contribution in [0.4, 0.5) is 0 Å². The van der Waals surface area contributed by atoms with Crippen molar-refractivity contribution in [1.29, 1.82) is 0 Å². The van der Waals surface area contributed by atoms with Crippen molar-refractivity contribution >= 4 is 68.6 Å². The molecule has 0 saturated heterocycles. The lowest BCUT2D eigenvalue weighted by Gasteiger charge is -2.00. The van der Waals surface area contributed by atoms with Gasteiger partial charge in [-0.25, -0.2) is 4.98 Å². The van der Waals surface area contributed by atoms with Gasteiger partial charge in [-0.15, -0.1) is 11.3 Å². The highest BCUT2D eigenvalue weighted by Crippen LogP contribution is 2.31. The molecule has 0 fully saturated rings. The van der Waals surface area contributed by atoms with Crippen LogP contribution in [0.2, 0.25) is 10.0 Å². The van der Waals surface area contributed by atoms with Crippen molar-refractivity contribution in [3.8, 4) is 11.3 Å². The number of carboxylic acid groups (broad SMARTS) is 1. The zero-order valence-electron chi connectivity index (χ0n) is 13.2. The molecule has 0 aliphatic carbocycles. The van der Waals surface area contributed by atoms with Gasteiger partial charge < -0.3 is 5.11 Å². The van der Waals surface area contributed by atoms with Crippen LogP contribution in [0.3, 0.4) is 0 Å². The molecule has 26 heavy (non-hydrogen) atoms. The van der Waals surface area contributed by atoms with Gasteiger partial charge in [-0.05, 0) is 35.9 Å². The van der Waals surface area contributed by atoms with Crippen molar-refractivity contribution in [2.75, 3.05) is 0 Å². The molecule has 3 rings (SSSR count). The Morgan fingerprint density at radius 1 is 1.15 bits per heavy atom. The summed E-state index contributed by atoms with van der Waals surface area (Å²) in [6, 6.07) is 12.9. The average Bonchev–Trinajstić information content (AvgIpc) is 2.97. The van der Waals surface area contributed by atoms with Gasteiger partial charge in [0.15, 0.2) is 0 Å². The maximum absolute atomic E-state index is 11.2. The van der Waals surface area contributed by atoms with Gasteiger partial charge >= 0.3 is 5.97 Å². The van der Waals surface area contributed by atoms with Crippen molar-refractivity contribution in [2.24, 2.45) is 0 Å². The molecule has 0 radical (unpaired) electrons. The van der Waals surface area contributed by atoms with Gasteiger partial charge in [-0.1, -0.05) is 63.4 Å². The van der Waals surface area contributed by atoms with Gasteiger partial charge in [0, 0.05) is 25.0 Å². The first-order valence-electron chi connectivity index (χ1n) is 7.53. The minimum atomic E-state index is -0.886. The zero-order chi connectivity index (χ0) is 18.7. The Morgan fingerprint density at radius 3 is 2.54 bits per heavy atom. The molecule has 3 aromatic rings. The molecule has 7 heteroatoms. The lowest BCUT2D eigenvalue weighted by molar-refractivity contribution is -0.136. The van der Waals surface area contributed by atoms with Gasteiger partial charge in [0.25, 0.3) is 0 Å². The number of hydrogen-bond donors (Lipinski definition) is 1. The van der Waals surface area contributed by atoms with Gasteiger partial charge in [0.05, 0.1) is 12.1 Å². The molecule has 0 bridgehead atoms. The minimum Gasteiger partial charge on any atom is -0.481 e. The van der Waals surface area contributed by atoms with Crippen molar-refractivity contribution in [3.05, 3.63) is 72.4 Å². The fraction of sp³-hybridized carbons (Fsp3) is 0.0526. The predicted octanol–water partition coefficient (Wildman–Crippen LogP) is 6.68. The van der Waals surface area contributed by atoms with Crippen LogP contribution < -0.4 is 0 Å². The number of rotatable bonds is 5. The van der Waals surface area contributed by atoms with Crippen LogP contribution in [-0.4, -0.2) is 16.1 Å². The van der Waals surface area contributed by atoms with Crippen LogP contribution in [-0.2, 0) is 11.2 Å². The van der Waals surface area contributed by atoms with Crippen LogP contribution in [0.1, 0.15) is 15.4 Å². The third-order valence-electron chi connectivity index (χ3n) is 3.51. The molecule has 3 nitrogen and oxygen atoms in total. The largest absolute Gasteiger partial charge is 0.481 e. The van der Waals surface area contributed by atoms with Crippen molar-refractivity contribution in [1.82, 2.24) is 4.98 Å². The van der Waals surface area contributed by atoms with E-state index in [9.17, 15) is 9.90 Å². The van der Waals surface area contributed by atoms with Gasteiger partial charge in [0.1, 0.15) is 5.01 Å². The summed E-state index contributed by atoms with van der Waals surface area (Å²) in [5.41, 5.74) is 2.38. The number of carbonyl (C=O) groups is 1. The molecule has 1 N–H and O–H groups in total. The molecule has 0 aliphatic heterocycles. The summed E-state index contributed by atoms with van der Waals surface area (Å²) in [5, 5.41) is 11.0. The Morgan fingerprint density at radius 2 is 1.88 bits per heavy atom. The Balaban J connectivity index is 1.96. The second-order valence-electron chi connectivity index (χ2n) is 5.40. The van der Waals surface area contributed by atoms with Crippen molar-refractivity contribution < 1.29 is 9.90 Å². The molecular formula is C19H12BrCl2NO2S. The van der Waals surface area contributed by atoms with Crippen LogP contribution in [0.15, 0.2) is 46.9 Å². The molecule has 1 heterocycles. The third kappa shape index (κ3) is 4.74. The smallest absolute Gasteiger partial charge is 0.308 e. The van der Waals surface area contributed by atoms with Crippen LogP contribution >= 0.6 is 50.5 Å². The van der Waals surface area contributed by atoms with Gasteiger partial charge in [0.2, 0.25) is 0 Å². The molecule has 132 valence electrons. The summed E-state index contributed by atoms with van der Waals surface area (Å²) in [6.45, 7) is 0. The van der Waals surface area contributed by atoms with E-state index in [2.05, 4.69) is 20.9 Å². The van der Waals surface area contributed by atoms with E-state index in [0.717, 1.165) is 15.6 Å². The fourth-order valence-corrected chi connectivity index (χ4v) is 4.05. The minimum absolute atomic E-state index is 0.0708. The van der Waals surface area contributed by atoms with E-state index in [0.29, 0.717) is 25.6 Å². The second-order valence-corrected chi connectivity index (χ2v) is 8.27. The van der Waals surface area contributed by atoms with E-state index in [4.69, 9.17) is 23.2 Å². The lowest BCUT2D eigenvalue weighted by Crippen LogP contribution is -1.99. The molecule has 0 spiro atoms. The normalized spacial score (nSPS) is 11.2. The van der Waals surface area contributed by atoms with Crippen LogP contribution in [0, 0.1) is 0 Å². The number of nitrogens with zero attached hydrogens (tertiary/aromatic N) is 1. The summed E-state index contributed by atoms with van der Waals surface area (Å²) >= 11 is 16.8. The molecule has 2 aromatic carbocycles. The third-order valence-corrected chi connectivity index (χ3v) is 5.62. The standard InChI is InChI=1S/C19H12BrCl2NO2S/c20-13-5-1-12(2-6-13)19-16(10-18(24)25)26-17(23-19)8-4-11-3-7-14(21)9-15(11)22/h1-9H,10H2,(H,24,25)/b8-4+. The van der Waals surface area contributed by atoms with E-state index in [-0.39, 0.29) is 6.42 Å². The summed E-state index contributed by atoms with van der Waals surface area (Å²) in [6.07, 6.45) is 3.60. The molecule has 0 saturated carbocycles. The Labute approximate surface area is 173 Å². The molecule has 1 aromatic heterocycles. The second kappa shape index (κ2) is 8.35. The van der Waals surface area contributed by atoms with Gasteiger partial charge in [-0.3, -0.25) is 4.79 Å². The highest BCUT2D eigenvalue weighted by molar-refractivity contribution is 9.10. The van der Waals surface area contributed by atoms with E-state index in [1.807, 2.05) is 42.5 Å². The Bertz CT molecular complexity index is 984. The number of aromatic nitrogens is 1. The number of thiazole rings is 1. The number of hydrogen-bond acceptors (Lipinski definition) is 3. The number of benzene rings is 2. The number of carboxylic acids is 1. The Kier molecular flexibility index (Phi) is 6.14. The molecule has 0 aliphatic rings. The fourth-order valence-electron chi connectivity index (χ4n) is 2.33. The van der Waals surface area contributed by atoms with Crippen molar-refractivity contribution in [3.63, 3.8) is 0 Å². The topological polar surface area (TPSA) is 50.2 Å². The summed E-state index contributed by atoms with van der Waals surface area (Å²) in [7, 11) is 0. The average molecular weight is 469 g/mol. The van der Waals surface area contributed by atoms with Crippen LogP contribution in [0.5, 0.6) is 0 Å². The number of halogens is 3. The van der Waals surface area contributed by atoms with Crippen molar-refractivity contribution in [2.45, 2.75) is 6.42 Å². The first-order chi connectivity index (χ1) is 12.4. The van der Waals surface area contributed by atoms with E-state index in [1.54, 1.807) is 12.1 Å². The predicted molar refractivity (Wildman–Crippen MR) is 112 cm³/mol. The quantitative estimate of drug-likeness (QED) is 0.454. The monoisotopic (exact) mass is 467 g/mol. The molecule has 0 amide bonds. The lowest BCUT2D eigenvalue weighted by atomic mass is 10.1. The first kappa shape index (κ1) is 19.1. The highest BCUT2D eigenvalue weighted by atomic mass is 79.9. The van der Waals surface area contributed by atoms with E-state index >= 15 is 0 Å². The Hall–Kier alpha value is -1.66. The maximum Gasteiger partial charge on any atom is 0.308 e. The molecule has 0 unspecified atom stereocenters. The molecule has 0 atom stereocenters. The highest BCUT2D eigenvalue weighted by Gasteiger charge is 2.15. The first-order valence-corrected chi connectivity index (χ1v) is 9.89. The van der Waals surface area contributed by atoms with E-state index < -0.39 is 5.97 Å². The van der Waals surface area contributed by atoms with Crippen LogP contribution in [0.25, 0.3) is 23.4 Å². The summed E-state index contributed by atoms with van der Waals surface area (Å²) in [4.78, 5) is 16.5. The van der Waals surface area contributed by atoms with E-state index in [1.165, 1.54) is 11.3 Å². The molecular weight excluding hydrogens is 457 g/mol. The van der Waals surface area contributed by atoms with Gasteiger partial charge in [-0.2, -0.15) is 0 Å². The summed E-state index contributed by atoms with van der Waals surface area (Å²) in [5.74, 6) is -0.886. The maximum atomic E-state index is 11.2. The summed E-state index contributed by atoms with van der Waals surface area (Å²) < 4.78 is 0.953. The SMILES string of the molecule is O=C(O)Cc1sc(/C=C/c2ccc(Cl)cc2Cl)nc1-c1ccc(Br)cc1. The number of aliphatic carboxylic acids is 1.